The predicted molar refractivity (Wildman–Crippen MR) is 112 cm³/mol. The molecule has 4 N–H and O–H groups in total. The van der Waals surface area contributed by atoms with Crippen molar-refractivity contribution in [1.82, 2.24) is 10.6 Å². The van der Waals surface area contributed by atoms with Crippen molar-refractivity contribution in [3.8, 4) is 0 Å². The Balaban J connectivity index is 1.81. The smallest absolute Gasteiger partial charge is 0.407 e. The van der Waals surface area contributed by atoms with E-state index < -0.39 is 53.0 Å². The maximum Gasteiger partial charge on any atom is 0.407 e. The monoisotopic (exact) mass is 463 g/mol. The summed E-state index contributed by atoms with van der Waals surface area (Å²) >= 11 is 0. The number of aliphatic hydroxyl groups is 1. The summed E-state index contributed by atoms with van der Waals surface area (Å²) in [4.78, 5) is 45.1. The number of alkyl carbamates (subject to hydrolysis) is 1. The molecular formula is C21H22FN3O8. The minimum atomic E-state index is -1.47. The fraction of sp³-hybridized carbons (Fsp3) is 0.286. The maximum atomic E-state index is 13.4. The second-order valence-electron chi connectivity index (χ2n) is 7.01. The number of carboxylic acid groups (broad SMARTS) is 1. The molecule has 33 heavy (non-hydrogen) atoms. The van der Waals surface area contributed by atoms with Crippen molar-refractivity contribution in [2.24, 2.45) is 0 Å². The molecule has 11 nitrogen and oxygen atoms in total. The summed E-state index contributed by atoms with van der Waals surface area (Å²) in [6.07, 6.45) is -3.00. The van der Waals surface area contributed by atoms with Crippen molar-refractivity contribution in [2.75, 3.05) is 6.54 Å². The van der Waals surface area contributed by atoms with Crippen molar-refractivity contribution in [3.05, 3.63) is 75.6 Å². The highest BCUT2D eigenvalue weighted by molar-refractivity contribution is 5.84. The molecule has 2 rings (SSSR count). The number of nitro benzene ring substituents is 1. The summed E-state index contributed by atoms with van der Waals surface area (Å²) in [7, 11) is 0. The molecule has 0 saturated carbocycles. The Bertz CT molecular complexity index is 1000. The van der Waals surface area contributed by atoms with Crippen molar-refractivity contribution in [2.45, 2.75) is 31.6 Å². The van der Waals surface area contributed by atoms with E-state index in [9.17, 15) is 39.1 Å². The first kappa shape index (κ1) is 25.2. The van der Waals surface area contributed by atoms with Crippen LogP contribution in [0.25, 0.3) is 0 Å². The van der Waals surface area contributed by atoms with Crippen molar-refractivity contribution >= 4 is 23.7 Å². The largest absolute Gasteiger partial charge is 0.480 e. The molecule has 0 saturated heterocycles. The topological polar surface area (TPSA) is 168 Å². The second-order valence-corrected chi connectivity index (χ2v) is 7.01. The van der Waals surface area contributed by atoms with Gasteiger partial charge in [0.25, 0.3) is 0 Å². The average molecular weight is 463 g/mol. The number of ether oxygens (including phenoxy) is 1. The van der Waals surface area contributed by atoms with Gasteiger partial charge < -0.3 is 25.6 Å². The highest BCUT2D eigenvalue weighted by Crippen LogP contribution is 2.19. The Morgan fingerprint density at radius 3 is 2.45 bits per heavy atom. The Labute approximate surface area is 187 Å². The first-order valence-electron chi connectivity index (χ1n) is 9.73. The van der Waals surface area contributed by atoms with Gasteiger partial charge in [0.1, 0.15) is 12.6 Å². The van der Waals surface area contributed by atoms with Gasteiger partial charge in [-0.25, -0.2) is 9.59 Å². The standard InChI is InChI=1S/C21H22FN3O8/c22-16-7-6-14(9-18(16)25(31)32)8-17(20(28)29)24-19(27)10-15(26)11-23-21(30)33-12-13-4-2-1-3-5-13/h1-7,9,15,17,26H,8,10-12H2,(H,23,30)(H,24,27)(H,28,29)/t15-,17+/m0/s1. The third kappa shape index (κ3) is 8.53. The number of amides is 2. The molecule has 0 unspecified atom stereocenters. The van der Waals surface area contributed by atoms with Crippen LogP contribution >= 0.6 is 0 Å². The zero-order valence-corrected chi connectivity index (χ0v) is 17.3. The van der Waals surface area contributed by atoms with Crippen molar-refractivity contribution in [1.29, 1.82) is 0 Å². The van der Waals surface area contributed by atoms with Crippen LogP contribution in [0.2, 0.25) is 0 Å². The number of nitrogens with zero attached hydrogens (tertiary/aromatic N) is 1. The van der Waals surface area contributed by atoms with Gasteiger partial charge in [0.05, 0.1) is 17.4 Å². The van der Waals surface area contributed by atoms with Crippen LogP contribution in [0.4, 0.5) is 14.9 Å². The van der Waals surface area contributed by atoms with Crippen LogP contribution in [0.15, 0.2) is 48.5 Å². The van der Waals surface area contributed by atoms with E-state index in [2.05, 4.69) is 10.6 Å². The van der Waals surface area contributed by atoms with Gasteiger partial charge in [-0.05, 0) is 17.2 Å². The van der Waals surface area contributed by atoms with E-state index in [-0.39, 0.29) is 25.1 Å². The molecule has 0 aliphatic rings. The normalized spacial score (nSPS) is 12.3. The highest BCUT2D eigenvalue weighted by Gasteiger charge is 2.24. The summed E-state index contributed by atoms with van der Waals surface area (Å²) in [5.41, 5.74) is 0.0709. The number of halogens is 1. The Morgan fingerprint density at radius 1 is 1.12 bits per heavy atom. The number of rotatable bonds is 11. The number of hydrogen-bond donors (Lipinski definition) is 4. The van der Waals surface area contributed by atoms with E-state index in [1.807, 2.05) is 6.07 Å². The van der Waals surface area contributed by atoms with Crippen LogP contribution in [-0.2, 0) is 27.4 Å². The number of carbonyl (C=O) groups excluding carboxylic acids is 2. The van der Waals surface area contributed by atoms with Gasteiger partial charge in [-0.3, -0.25) is 14.9 Å². The molecule has 0 bridgehead atoms. The molecule has 2 amide bonds. The fourth-order valence-electron chi connectivity index (χ4n) is 2.78. The van der Waals surface area contributed by atoms with Gasteiger partial charge in [-0.1, -0.05) is 36.4 Å². The van der Waals surface area contributed by atoms with Crippen LogP contribution in [0.3, 0.4) is 0 Å². The third-order valence-electron chi connectivity index (χ3n) is 4.40. The van der Waals surface area contributed by atoms with Gasteiger partial charge in [0.2, 0.25) is 11.7 Å². The summed E-state index contributed by atoms with van der Waals surface area (Å²) in [6, 6.07) is 10.3. The molecule has 176 valence electrons. The van der Waals surface area contributed by atoms with Crippen LogP contribution < -0.4 is 10.6 Å². The van der Waals surface area contributed by atoms with Crippen molar-refractivity contribution in [3.63, 3.8) is 0 Å². The SMILES string of the molecule is O=C(C[C@H](O)CNC(=O)OCc1ccccc1)N[C@H](Cc1ccc(F)c([N+](=O)[O-])c1)C(=O)O. The fourth-order valence-corrected chi connectivity index (χ4v) is 2.78. The van der Waals surface area contributed by atoms with Crippen LogP contribution in [0.1, 0.15) is 17.5 Å². The number of nitrogens with one attached hydrogen (secondary N) is 2. The van der Waals surface area contributed by atoms with E-state index in [4.69, 9.17) is 4.74 Å². The van der Waals surface area contributed by atoms with Gasteiger partial charge >= 0.3 is 17.7 Å². The first-order chi connectivity index (χ1) is 15.7. The molecule has 0 aromatic heterocycles. The molecule has 0 spiro atoms. The summed E-state index contributed by atoms with van der Waals surface area (Å²) in [6.45, 7) is -0.298. The highest BCUT2D eigenvalue weighted by atomic mass is 19.1. The lowest BCUT2D eigenvalue weighted by atomic mass is 10.0. The van der Waals surface area contributed by atoms with Gasteiger partial charge in [0.15, 0.2) is 0 Å². The maximum absolute atomic E-state index is 13.4. The molecule has 0 fully saturated rings. The number of carboxylic acids is 1. The van der Waals surface area contributed by atoms with Crippen LogP contribution in [0, 0.1) is 15.9 Å². The number of hydrogen-bond acceptors (Lipinski definition) is 7. The number of nitro groups is 1. The molecule has 0 radical (unpaired) electrons. The zero-order valence-electron chi connectivity index (χ0n) is 17.3. The van der Waals surface area contributed by atoms with E-state index in [1.54, 1.807) is 24.3 Å². The average Bonchev–Trinajstić information content (AvgIpc) is 2.77. The predicted octanol–water partition coefficient (Wildman–Crippen LogP) is 1.52. The lowest BCUT2D eigenvalue weighted by molar-refractivity contribution is -0.387. The van der Waals surface area contributed by atoms with E-state index in [0.29, 0.717) is 0 Å². The zero-order chi connectivity index (χ0) is 24.4. The van der Waals surface area contributed by atoms with E-state index >= 15 is 0 Å². The number of carbonyl (C=O) groups is 3. The minimum Gasteiger partial charge on any atom is -0.480 e. The van der Waals surface area contributed by atoms with E-state index in [1.165, 1.54) is 6.07 Å². The third-order valence-corrected chi connectivity index (χ3v) is 4.40. The Morgan fingerprint density at radius 2 is 1.82 bits per heavy atom. The molecule has 0 aliphatic carbocycles. The van der Waals surface area contributed by atoms with Gasteiger partial charge in [-0.2, -0.15) is 4.39 Å². The Hall–Kier alpha value is -4.06. The summed E-state index contributed by atoms with van der Waals surface area (Å²) in [5.74, 6) is -3.32. The van der Waals surface area contributed by atoms with Crippen molar-refractivity contribution < 1.29 is 38.6 Å². The van der Waals surface area contributed by atoms with Crippen LogP contribution in [-0.4, -0.2) is 51.8 Å². The summed E-state index contributed by atoms with van der Waals surface area (Å²) < 4.78 is 18.4. The summed E-state index contributed by atoms with van der Waals surface area (Å²) in [5, 5.41) is 34.6. The van der Waals surface area contributed by atoms with E-state index in [0.717, 1.165) is 17.7 Å². The molecule has 0 aliphatic heterocycles. The van der Waals surface area contributed by atoms with Crippen LogP contribution in [0.5, 0.6) is 0 Å². The quantitative estimate of drug-likeness (QED) is 0.287. The molecular weight excluding hydrogens is 441 g/mol. The molecule has 2 atom stereocenters. The molecule has 12 heteroatoms. The molecule has 2 aromatic carbocycles. The second kappa shape index (κ2) is 12.1. The number of aliphatic carboxylic acids is 1. The lowest BCUT2D eigenvalue weighted by Gasteiger charge is -2.17. The van der Waals surface area contributed by atoms with Gasteiger partial charge in [-0.15, -0.1) is 0 Å². The molecule has 0 heterocycles. The minimum absolute atomic E-state index is 0.0189. The Kier molecular flexibility index (Phi) is 9.24. The van der Waals surface area contributed by atoms with Gasteiger partial charge in [0, 0.05) is 19.0 Å². The first-order valence-corrected chi connectivity index (χ1v) is 9.73. The molecule has 2 aromatic rings. The number of benzene rings is 2. The lowest BCUT2D eigenvalue weighted by Crippen LogP contribution is -2.44. The number of aliphatic hydroxyl groups excluding tert-OH is 1.